The maximum atomic E-state index is 11.6. The third kappa shape index (κ3) is 6.94. The van der Waals surface area contributed by atoms with Gasteiger partial charge in [0.25, 0.3) is 0 Å². The van der Waals surface area contributed by atoms with Gasteiger partial charge in [0.2, 0.25) is 0 Å². The number of carboxylic acids is 1. The largest absolute Gasteiger partial charge is 0.480 e. The molecule has 0 spiro atoms. The molecule has 2 atom stereocenters. The molecule has 0 bridgehead atoms. The summed E-state index contributed by atoms with van der Waals surface area (Å²) in [6.45, 7) is 1.93. The first kappa shape index (κ1) is 17.2. The summed E-state index contributed by atoms with van der Waals surface area (Å²) in [6, 6.07) is -1.66. The molecule has 21 heavy (non-hydrogen) atoms. The summed E-state index contributed by atoms with van der Waals surface area (Å²) in [5.41, 5.74) is 0. The van der Waals surface area contributed by atoms with Crippen LogP contribution in [0.2, 0.25) is 0 Å². The number of urea groups is 1. The van der Waals surface area contributed by atoms with Crippen molar-refractivity contribution in [2.45, 2.75) is 31.7 Å². The number of carbonyl (C=O) groups is 3. The fourth-order valence-electron chi connectivity index (χ4n) is 2.03. The number of carboxylic acid groups (broad SMARTS) is 1. The molecule has 1 fully saturated rings. The Kier molecular flexibility index (Phi) is 7.52. The lowest BCUT2D eigenvalue weighted by Gasteiger charge is -2.15. The number of nitrogens with one attached hydrogen (secondary N) is 2. The van der Waals surface area contributed by atoms with Gasteiger partial charge in [0, 0.05) is 26.2 Å². The number of aliphatic carboxylic acids is 1. The number of rotatable bonds is 8. The Labute approximate surface area is 123 Å². The topological polar surface area (TPSA) is 114 Å². The Morgan fingerprint density at radius 1 is 1.43 bits per heavy atom. The highest BCUT2D eigenvalue weighted by molar-refractivity contribution is 5.83. The minimum atomic E-state index is -1.18. The molecule has 8 nitrogen and oxygen atoms in total. The lowest BCUT2D eigenvalue weighted by Crippen LogP contribution is -2.46. The van der Waals surface area contributed by atoms with Gasteiger partial charge in [0.05, 0.1) is 7.11 Å². The number of carbonyl (C=O) groups excluding carboxylic acids is 2. The number of amides is 2. The molecule has 1 unspecified atom stereocenters. The van der Waals surface area contributed by atoms with Crippen molar-refractivity contribution in [1.29, 1.82) is 0 Å². The van der Waals surface area contributed by atoms with Crippen molar-refractivity contribution >= 4 is 18.0 Å². The van der Waals surface area contributed by atoms with E-state index in [-0.39, 0.29) is 12.8 Å². The van der Waals surface area contributed by atoms with E-state index in [1.54, 1.807) is 0 Å². The van der Waals surface area contributed by atoms with Gasteiger partial charge < -0.3 is 25.2 Å². The lowest BCUT2D eigenvalue weighted by atomic mass is 10.1. The number of esters is 1. The number of hydrogen-bond acceptors (Lipinski definition) is 5. The molecule has 0 aromatic carbocycles. The van der Waals surface area contributed by atoms with Crippen LogP contribution in [0, 0.1) is 5.92 Å². The van der Waals surface area contributed by atoms with Crippen LogP contribution in [0.5, 0.6) is 0 Å². The summed E-state index contributed by atoms with van der Waals surface area (Å²) in [7, 11) is 1.23. The molecule has 0 aromatic heterocycles. The second-order valence-corrected chi connectivity index (χ2v) is 4.92. The molecule has 0 aromatic rings. The molecule has 0 aliphatic carbocycles. The maximum absolute atomic E-state index is 11.6. The first-order valence-corrected chi connectivity index (χ1v) is 6.94. The molecule has 1 aliphatic heterocycles. The molecular formula is C13H22N2O6. The van der Waals surface area contributed by atoms with E-state index in [0.29, 0.717) is 19.1 Å². The second kappa shape index (κ2) is 9.17. The van der Waals surface area contributed by atoms with Crippen LogP contribution in [0.25, 0.3) is 0 Å². The highest BCUT2D eigenvalue weighted by Gasteiger charge is 2.21. The van der Waals surface area contributed by atoms with Gasteiger partial charge in [-0.25, -0.2) is 9.59 Å². The number of methoxy groups -OCH3 is 1. The van der Waals surface area contributed by atoms with Crippen molar-refractivity contribution in [2.24, 2.45) is 5.92 Å². The predicted octanol–water partition coefficient (Wildman–Crippen LogP) is 0.119. The molecule has 1 saturated heterocycles. The van der Waals surface area contributed by atoms with E-state index in [4.69, 9.17) is 9.84 Å². The molecule has 0 saturated carbocycles. The van der Waals surface area contributed by atoms with Crippen LogP contribution < -0.4 is 10.6 Å². The standard InChI is InChI=1S/C13H22N2O6/c1-20-11(16)3-2-10(12(17)18)15-13(19)14-6-4-9-5-7-21-8-9/h9-10H,2-8H2,1H3,(H,17,18)(H2,14,15,19)/t9?,10-/m0/s1. The smallest absolute Gasteiger partial charge is 0.326 e. The van der Waals surface area contributed by atoms with Crippen LogP contribution in [0.3, 0.4) is 0 Å². The molecule has 3 N–H and O–H groups in total. The van der Waals surface area contributed by atoms with Gasteiger partial charge >= 0.3 is 18.0 Å². The van der Waals surface area contributed by atoms with Crippen LogP contribution in [0.15, 0.2) is 0 Å². The fourth-order valence-corrected chi connectivity index (χ4v) is 2.03. The molecule has 1 rings (SSSR count). The summed E-state index contributed by atoms with van der Waals surface area (Å²) < 4.78 is 9.66. The zero-order valence-corrected chi connectivity index (χ0v) is 12.1. The van der Waals surface area contributed by atoms with Crippen molar-refractivity contribution < 1.29 is 29.0 Å². The summed E-state index contributed by atoms with van der Waals surface area (Å²) in [5, 5.41) is 13.9. The summed E-state index contributed by atoms with van der Waals surface area (Å²) in [6.07, 6.45) is 1.71. The fraction of sp³-hybridized carbons (Fsp3) is 0.769. The van der Waals surface area contributed by atoms with E-state index in [9.17, 15) is 14.4 Å². The monoisotopic (exact) mass is 302 g/mol. The van der Waals surface area contributed by atoms with E-state index in [1.807, 2.05) is 0 Å². The Balaban J connectivity index is 2.24. The Morgan fingerprint density at radius 3 is 2.76 bits per heavy atom. The minimum absolute atomic E-state index is 0.00804. The normalized spacial score (nSPS) is 18.8. The number of ether oxygens (including phenoxy) is 2. The van der Waals surface area contributed by atoms with Crippen molar-refractivity contribution in [3.05, 3.63) is 0 Å². The van der Waals surface area contributed by atoms with E-state index in [1.165, 1.54) is 7.11 Å². The van der Waals surface area contributed by atoms with Gasteiger partial charge in [0.1, 0.15) is 6.04 Å². The second-order valence-electron chi connectivity index (χ2n) is 4.92. The number of hydrogen-bond donors (Lipinski definition) is 3. The summed E-state index contributed by atoms with van der Waals surface area (Å²) >= 11 is 0. The Morgan fingerprint density at radius 2 is 2.19 bits per heavy atom. The van der Waals surface area contributed by atoms with E-state index in [2.05, 4.69) is 15.4 Å². The van der Waals surface area contributed by atoms with Crippen LogP contribution in [-0.4, -0.2) is 56.0 Å². The quantitative estimate of drug-likeness (QED) is 0.549. The van der Waals surface area contributed by atoms with Gasteiger partial charge in [-0.05, 0) is 25.2 Å². The third-order valence-corrected chi connectivity index (χ3v) is 3.33. The maximum Gasteiger partial charge on any atom is 0.326 e. The zero-order valence-electron chi connectivity index (χ0n) is 12.1. The first-order valence-electron chi connectivity index (χ1n) is 6.94. The first-order chi connectivity index (χ1) is 10.0. The van der Waals surface area contributed by atoms with Crippen LogP contribution in [-0.2, 0) is 19.1 Å². The van der Waals surface area contributed by atoms with E-state index < -0.39 is 24.0 Å². The SMILES string of the molecule is COC(=O)CC[C@H](NC(=O)NCCC1CCOC1)C(=O)O. The summed E-state index contributed by atoms with van der Waals surface area (Å²) in [4.78, 5) is 33.6. The minimum Gasteiger partial charge on any atom is -0.480 e. The molecule has 8 heteroatoms. The summed E-state index contributed by atoms with van der Waals surface area (Å²) in [5.74, 6) is -1.25. The van der Waals surface area contributed by atoms with E-state index in [0.717, 1.165) is 19.4 Å². The van der Waals surface area contributed by atoms with Gasteiger partial charge in [0.15, 0.2) is 0 Å². The van der Waals surface area contributed by atoms with E-state index >= 15 is 0 Å². The molecule has 0 radical (unpaired) electrons. The van der Waals surface area contributed by atoms with Crippen LogP contribution in [0.1, 0.15) is 25.7 Å². The van der Waals surface area contributed by atoms with Crippen LogP contribution in [0.4, 0.5) is 4.79 Å². The van der Waals surface area contributed by atoms with Gasteiger partial charge in [-0.15, -0.1) is 0 Å². The Hall–Kier alpha value is -1.83. The zero-order chi connectivity index (χ0) is 15.7. The lowest BCUT2D eigenvalue weighted by molar-refractivity contribution is -0.142. The van der Waals surface area contributed by atoms with Gasteiger partial charge in [-0.1, -0.05) is 0 Å². The highest BCUT2D eigenvalue weighted by Crippen LogP contribution is 2.15. The molecule has 120 valence electrons. The average Bonchev–Trinajstić information content (AvgIpc) is 2.95. The Bertz CT molecular complexity index is 368. The van der Waals surface area contributed by atoms with Crippen molar-refractivity contribution in [3.8, 4) is 0 Å². The average molecular weight is 302 g/mol. The highest BCUT2D eigenvalue weighted by atomic mass is 16.5. The van der Waals surface area contributed by atoms with Crippen molar-refractivity contribution in [1.82, 2.24) is 10.6 Å². The van der Waals surface area contributed by atoms with Crippen molar-refractivity contribution in [2.75, 3.05) is 26.9 Å². The van der Waals surface area contributed by atoms with Gasteiger partial charge in [-0.3, -0.25) is 4.79 Å². The predicted molar refractivity (Wildman–Crippen MR) is 72.8 cm³/mol. The van der Waals surface area contributed by atoms with Crippen molar-refractivity contribution in [3.63, 3.8) is 0 Å². The molecule has 2 amide bonds. The molecule has 1 heterocycles. The van der Waals surface area contributed by atoms with Gasteiger partial charge in [-0.2, -0.15) is 0 Å². The van der Waals surface area contributed by atoms with Crippen LogP contribution >= 0.6 is 0 Å². The molecular weight excluding hydrogens is 280 g/mol. The third-order valence-electron chi connectivity index (χ3n) is 3.33. The molecule has 1 aliphatic rings.